The van der Waals surface area contributed by atoms with Gasteiger partial charge in [-0.05, 0) is 31.9 Å². The van der Waals surface area contributed by atoms with Gasteiger partial charge < -0.3 is 20.0 Å². The molecule has 0 amide bonds. The number of fused-ring (bicyclic) bond motifs is 1. The number of H-pyrrole nitrogens is 1. The van der Waals surface area contributed by atoms with Crippen LogP contribution in [0.5, 0.6) is 5.75 Å². The van der Waals surface area contributed by atoms with Crippen molar-refractivity contribution in [2.75, 3.05) is 7.11 Å². The highest BCUT2D eigenvalue weighted by Crippen LogP contribution is 2.33. The van der Waals surface area contributed by atoms with Crippen LogP contribution in [0.1, 0.15) is 60.2 Å². The van der Waals surface area contributed by atoms with Crippen LogP contribution in [0, 0.1) is 6.92 Å². The maximum atomic E-state index is 11.9. The van der Waals surface area contributed by atoms with E-state index < -0.39 is 0 Å². The molecule has 0 bridgehead atoms. The zero-order valence-electron chi connectivity index (χ0n) is 18.3. The van der Waals surface area contributed by atoms with Gasteiger partial charge in [-0.2, -0.15) is 0 Å². The van der Waals surface area contributed by atoms with Crippen molar-refractivity contribution in [1.82, 2.24) is 20.1 Å². The number of carbonyl (C=O) groups is 1. The Kier molecular flexibility index (Phi) is 6.61. The summed E-state index contributed by atoms with van der Waals surface area (Å²) in [6.45, 7) is 1.97. The Morgan fingerprint density at radius 2 is 2.06 bits per heavy atom. The van der Waals surface area contributed by atoms with E-state index >= 15 is 0 Å². The van der Waals surface area contributed by atoms with Crippen molar-refractivity contribution in [3.05, 3.63) is 60.0 Å². The molecule has 32 heavy (non-hydrogen) atoms. The molecule has 0 aliphatic heterocycles. The van der Waals surface area contributed by atoms with Crippen LogP contribution in [-0.4, -0.2) is 33.0 Å². The average Bonchev–Trinajstić information content (AvgIpc) is 3.50. The van der Waals surface area contributed by atoms with Crippen LogP contribution in [-0.2, 0) is 0 Å². The number of rotatable bonds is 10. The number of ether oxygens (including phenoxy) is 1. The van der Waals surface area contributed by atoms with E-state index in [1.54, 1.807) is 13.2 Å². The number of nitrogens with zero attached hydrogens (tertiary/aromatic N) is 3. The van der Waals surface area contributed by atoms with Gasteiger partial charge in [-0.25, -0.2) is 4.98 Å². The lowest BCUT2D eigenvalue weighted by molar-refractivity contribution is 0.0970. The predicted octanol–water partition coefficient (Wildman–Crippen LogP) is 4.76. The minimum Gasteiger partial charge on any atom is -0.496 e. The molecule has 8 heteroatoms. The molecule has 0 unspecified atom stereocenters. The summed E-state index contributed by atoms with van der Waals surface area (Å²) in [4.78, 5) is 24.4. The number of nitrogens with one attached hydrogen (secondary N) is 1. The number of ketones is 1. The Bertz CT molecular complexity index is 1200. The van der Waals surface area contributed by atoms with E-state index in [0.717, 1.165) is 65.1 Å². The predicted molar refractivity (Wildman–Crippen MR) is 121 cm³/mol. The zero-order valence-corrected chi connectivity index (χ0v) is 18.3. The average molecular weight is 434 g/mol. The van der Waals surface area contributed by atoms with Crippen LogP contribution in [0.25, 0.3) is 22.2 Å². The normalized spacial score (nSPS) is 12.2. The number of hydrogen-bond acceptors (Lipinski definition) is 7. The number of aryl methyl sites for hydroxylation is 1. The second-order valence-corrected chi connectivity index (χ2v) is 7.88. The second-order valence-electron chi connectivity index (χ2n) is 7.88. The number of unbranched alkanes of at least 4 members (excludes halogenated alkanes) is 2. The summed E-state index contributed by atoms with van der Waals surface area (Å²) in [7, 11) is 1.65. The zero-order chi connectivity index (χ0) is 22.5. The molecule has 0 aliphatic rings. The summed E-state index contributed by atoms with van der Waals surface area (Å²) in [5, 5.41) is 4.70. The molecular weight excluding hydrogens is 406 g/mol. The molecule has 4 aromatic rings. The van der Waals surface area contributed by atoms with Gasteiger partial charge in [0.05, 0.1) is 24.4 Å². The lowest BCUT2D eigenvalue weighted by Gasteiger charge is -2.10. The van der Waals surface area contributed by atoms with Gasteiger partial charge in [0.1, 0.15) is 23.5 Å². The van der Waals surface area contributed by atoms with E-state index in [1.165, 1.54) is 6.26 Å². The highest BCUT2D eigenvalue weighted by molar-refractivity contribution is 5.93. The van der Waals surface area contributed by atoms with Gasteiger partial charge >= 0.3 is 0 Å². The first-order chi connectivity index (χ1) is 15.5. The van der Waals surface area contributed by atoms with E-state index in [1.807, 2.05) is 37.4 Å². The van der Waals surface area contributed by atoms with Crippen molar-refractivity contribution in [3.63, 3.8) is 0 Å². The molecule has 8 nitrogen and oxygen atoms in total. The highest BCUT2D eigenvalue weighted by Gasteiger charge is 2.16. The number of methoxy groups -OCH3 is 1. The van der Waals surface area contributed by atoms with Crippen molar-refractivity contribution in [1.29, 1.82) is 0 Å². The third kappa shape index (κ3) is 4.86. The molecule has 0 saturated heterocycles. The monoisotopic (exact) mass is 433 g/mol. The second kappa shape index (κ2) is 9.74. The minimum atomic E-state index is -0.203. The molecular formula is C24H27N5O3. The van der Waals surface area contributed by atoms with E-state index in [-0.39, 0.29) is 11.8 Å². The van der Waals surface area contributed by atoms with Gasteiger partial charge in [-0.15, -0.1) is 0 Å². The molecule has 3 heterocycles. The molecule has 1 aromatic carbocycles. The molecule has 3 N–H and O–H groups in total. The van der Waals surface area contributed by atoms with Crippen molar-refractivity contribution >= 4 is 16.7 Å². The summed E-state index contributed by atoms with van der Waals surface area (Å²) in [6.07, 6.45) is 7.13. The number of benzene rings is 1. The number of imidazole rings is 1. The summed E-state index contributed by atoms with van der Waals surface area (Å²) in [5.41, 5.74) is 10.3. The van der Waals surface area contributed by atoms with Crippen molar-refractivity contribution < 1.29 is 14.1 Å². The number of aromatic amines is 1. The fraction of sp³-hybridized carbons (Fsp3) is 0.333. The van der Waals surface area contributed by atoms with E-state index in [9.17, 15) is 4.79 Å². The standard InChI is InChI=1S/C24H27N5O3/c1-15-8-9-16-12-17(23(31-2)13-20(16)27-15)21-14-26-24(28-21)18(25)6-4-3-5-7-22(30)19-10-11-32-29-19/h8-14,18H,3-7,25H2,1-2H3,(H,26,28)/t18-/m0/s1. The fourth-order valence-corrected chi connectivity index (χ4v) is 3.74. The van der Waals surface area contributed by atoms with Crippen LogP contribution in [0.4, 0.5) is 0 Å². The maximum absolute atomic E-state index is 11.9. The molecule has 0 spiro atoms. The first-order valence-electron chi connectivity index (χ1n) is 10.8. The third-order valence-corrected chi connectivity index (χ3v) is 5.52. The fourth-order valence-electron chi connectivity index (χ4n) is 3.74. The maximum Gasteiger partial charge on any atom is 0.184 e. The number of hydrogen-bond donors (Lipinski definition) is 2. The molecule has 0 aliphatic carbocycles. The number of nitrogens with two attached hydrogens (primary N) is 1. The minimum absolute atomic E-state index is 0.00779. The van der Waals surface area contributed by atoms with Crippen molar-refractivity contribution in [2.24, 2.45) is 5.73 Å². The Hall–Kier alpha value is -3.52. The molecule has 4 rings (SSSR count). The van der Waals surface area contributed by atoms with Crippen LogP contribution < -0.4 is 10.5 Å². The topological polar surface area (TPSA) is 120 Å². The lowest BCUT2D eigenvalue weighted by atomic mass is 10.0. The molecule has 0 saturated carbocycles. The van der Waals surface area contributed by atoms with Crippen LogP contribution >= 0.6 is 0 Å². The third-order valence-electron chi connectivity index (χ3n) is 5.52. The van der Waals surface area contributed by atoms with E-state index in [0.29, 0.717) is 12.1 Å². The molecule has 3 aromatic heterocycles. The van der Waals surface area contributed by atoms with Crippen LogP contribution in [0.15, 0.2) is 47.3 Å². The van der Waals surface area contributed by atoms with E-state index in [2.05, 4.69) is 15.1 Å². The van der Waals surface area contributed by atoms with Gasteiger partial charge in [0.25, 0.3) is 0 Å². The Morgan fingerprint density at radius 3 is 2.84 bits per heavy atom. The first-order valence-corrected chi connectivity index (χ1v) is 10.8. The smallest absolute Gasteiger partial charge is 0.184 e. The Balaban J connectivity index is 1.36. The van der Waals surface area contributed by atoms with E-state index in [4.69, 9.17) is 20.0 Å². The lowest BCUT2D eigenvalue weighted by Crippen LogP contribution is -2.12. The molecule has 166 valence electrons. The molecule has 1 atom stereocenters. The quantitative estimate of drug-likeness (QED) is 0.273. The van der Waals surface area contributed by atoms with Gasteiger partial charge in [-0.3, -0.25) is 9.78 Å². The SMILES string of the molecule is COc1cc2nc(C)ccc2cc1-c1c[nH]c([C@@H](N)CCCCCC(=O)c2ccon2)n1. The van der Waals surface area contributed by atoms with Crippen LogP contribution in [0.3, 0.4) is 0 Å². The van der Waals surface area contributed by atoms with Gasteiger partial charge in [0.15, 0.2) is 5.78 Å². The number of carbonyl (C=O) groups excluding carboxylic acids is 1. The number of aromatic nitrogens is 4. The van der Waals surface area contributed by atoms with Gasteiger partial charge in [0, 0.05) is 41.4 Å². The number of Topliss-reactive ketones (excluding diaryl/α,β-unsaturated/α-hetero) is 1. The molecule has 0 fully saturated rings. The summed E-state index contributed by atoms with van der Waals surface area (Å²) >= 11 is 0. The Morgan fingerprint density at radius 1 is 1.19 bits per heavy atom. The summed E-state index contributed by atoms with van der Waals surface area (Å²) in [5.74, 6) is 1.47. The van der Waals surface area contributed by atoms with Crippen molar-refractivity contribution in [2.45, 2.75) is 45.1 Å². The molecule has 0 radical (unpaired) electrons. The van der Waals surface area contributed by atoms with Gasteiger partial charge in [0.2, 0.25) is 0 Å². The summed E-state index contributed by atoms with van der Waals surface area (Å²) in [6, 6.07) is 9.40. The first kappa shape index (κ1) is 21.7. The Labute approximate surface area is 186 Å². The summed E-state index contributed by atoms with van der Waals surface area (Å²) < 4.78 is 10.3. The highest BCUT2D eigenvalue weighted by atomic mass is 16.5. The number of pyridine rings is 1. The van der Waals surface area contributed by atoms with Crippen LogP contribution in [0.2, 0.25) is 0 Å². The largest absolute Gasteiger partial charge is 0.496 e. The van der Waals surface area contributed by atoms with Gasteiger partial charge in [-0.1, -0.05) is 24.1 Å². The van der Waals surface area contributed by atoms with Crippen molar-refractivity contribution in [3.8, 4) is 17.0 Å².